The van der Waals surface area contributed by atoms with Crippen molar-refractivity contribution >= 4 is 57.1 Å². The highest BCUT2D eigenvalue weighted by molar-refractivity contribution is 14.0. The molecule has 0 unspecified atom stereocenters. The fourth-order valence-corrected chi connectivity index (χ4v) is 4.91. The number of nitrogens with zero attached hydrogens (tertiary/aromatic N) is 3. The molecule has 1 N–H and O–H groups in total. The first-order valence-electron chi connectivity index (χ1n) is 9.73. The molecule has 2 aromatic rings. The summed E-state index contributed by atoms with van der Waals surface area (Å²) < 4.78 is 24.7. The first-order valence-corrected chi connectivity index (χ1v) is 11.8. The Balaban J connectivity index is 0.00000320. The molecule has 0 amide bonds. The Labute approximate surface area is 201 Å². The van der Waals surface area contributed by atoms with Crippen LogP contribution in [-0.2, 0) is 9.84 Å². The predicted octanol–water partition coefficient (Wildman–Crippen LogP) is 3.52. The molecule has 9 heteroatoms. The van der Waals surface area contributed by atoms with E-state index >= 15 is 0 Å². The quantitative estimate of drug-likeness (QED) is 0.253. The summed E-state index contributed by atoms with van der Waals surface area (Å²) in [6, 6.07) is 16.5. The molecule has 6 nitrogen and oxygen atoms in total. The van der Waals surface area contributed by atoms with E-state index in [-0.39, 0.29) is 29.7 Å². The molecule has 0 spiro atoms. The lowest BCUT2D eigenvalue weighted by atomic mass is 10.2. The number of benzene rings is 2. The molecule has 0 radical (unpaired) electrons. The van der Waals surface area contributed by atoms with Gasteiger partial charge in [-0.05, 0) is 36.8 Å². The molecule has 30 heavy (non-hydrogen) atoms. The highest BCUT2D eigenvalue weighted by Crippen LogP contribution is 2.20. The van der Waals surface area contributed by atoms with E-state index in [4.69, 9.17) is 11.6 Å². The van der Waals surface area contributed by atoms with E-state index in [1.54, 1.807) is 31.3 Å². The van der Waals surface area contributed by atoms with Crippen LogP contribution in [0.15, 0.2) is 64.5 Å². The average Bonchev–Trinajstić information content (AvgIpc) is 2.75. The number of hydrogen-bond donors (Lipinski definition) is 1. The van der Waals surface area contributed by atoms with Crippen molar-refractivity contribution in [3.8, 4) is 0 Å². The molecule has 1 fully saturated rings. The van der Waals surface area contributed by atoms with Gasteiger partial charge in [0.2, 0.25) is 0 Å². The van der Waals surface area contributed by atoms with Crippen molar-refractivity contribution in [2.45, 2.75) is 11.3 Å². The molecule has 1 aliphatic heterocycles. The van der Waals surface area contributed by atoms with Gasteiger partial charge in [-0.1, -0.05) is 35.9 Å². The van der Waals surface area contributed by atoms with Crippen LogP contribution in [0.25, 0.3) is 0 Å². The molecule has 0 saturated carbocycles. The van der Waals surface area contributed by atoms with Crippen molar-refractivity contribution in [3.63, 3.8) is 0 Å². The van der Waals surface area contributed by atoms with Gasteiger partial charge in [-0.2, -0.15) is 0 Å². The Bertz CT molecular complexity index is 933. The Morgan fingerprint density at radius 2 is 1.77 bits per heavy atom. The second kappa shape index (κ2) is 11.8. The molecule has 1 heterocycles. The maximum Gasteiger partial charge on any atom is 0.193 e. The summed E-state index contributed by atoms with van der Waals surface area (Å²) in [7, 11) is -1.49. The summed E-state index contributed by atoms with van der Waals surface area (Å²) in [4.78, 5) is 9.24. The minimum absolute atomic E-state index is 0. The van der Waals surface area contributed by atoms with Crippen molar-refractivity contribution in [1.82, 2.24) is 10.2 Å². The largest absolute Gasteiger partial charge is 0.368 e. The van der Waals surface area contributed by atoms with Crippen molar-refractivity contribution in [1.29, 1.82) is 0 Å². The first kappa shape index (κ1) is 24.7. The van der Waals surface area contributed by atoms with Crippen LogP contribution >= 0.6 is 35.6 Å². The SMILES string of the molecule is CN=C(NCCCS(=O)(=O)c1ccccc1)N1CCN(c2cccc(Cl)c2)CC1.I. The summed E-state index contributed by atoms with van der Waals surface area (Å²) >= 11 is 6.10. The van der Waals surface area contributed by atoms with Crippen LogP contribution in [-0.4, -0.2) is 64.8 Å². The van der Waals surface area contributed by atoms with Gasteiger partial charge in [0, 0.05) is 50.5 Å². The highest BCUT2D eigenvalue weighted by Gasteiger charge is 2.20. The normalized spacial score (nSPS) is 14.9. The van der Waals surface area contributed by atoms with Crippen LogP contribution in [0, 0.1) is 0 Å². The van der Waals surface area contributed by atoms with Gasteiger partial charge in [-0.3, -0.25) is 4.99 Å². The van der Waals surface area contributed by atoms with Gasteiger partial charge < -0.3 is 15.1 Å². The molecule has 3 rings (SSSR count). The topological polar surface area (TPSA) is 65.0 Å². The van der Waals surface area contributed by atoms with Crippen molar-refractivity contribution in [3.05, 3.63) is 59.6 Å². The molecule has 164 valence electrons. The van der Waals surface area contributed by atoms with E-state index in [0.717, 1.165) is 42.8 Å². The zero-order valence-electron chi connectivity index (χ0n) is 17.0. The van der Waals surface area contributed by atoms with Gasteiger partial charge in [-0.15, -0.1) is 24.0 Å². The zero-order chi connectivity index (χ0) is 20.7. The molecule has 1 saturated heterocycles. The fraction of sp³-hybridized carbons (Fsp3) is 0.381. The van der Waals surface area contributed by atoms with Crippen molar-refractivity contribution in [2.24, 2.45) is 4.99 Å². The van der Waals surface area contributed by atoms with Crippen LogP contribution in [0.2, 0.25) is 5.02 Å². The van der Waals surface area contributed by atoms with Gasteiger partial charge in [0.15, 0.2) is 15.8 Å². The maximum atomic E-state index is 12.4. The number of aliphatic imine (C=N–C) groups is 1. The molecule has 0 bridgehead atoms. The number of piperazine rings is 1. The number of nitrogens with one attached hydrogen (secondary N) is 1. The molecule has 0 aromatic heterocycles. The number of sulfone groups is 1. The third kappa shape index (κ3) is 6.75. The molecule has 0 atom stereocenters. The predicted molar refractivity (Wildman–Crippen MR) is 135 cm³/mol. The van der Waals surface area contributed by atoms with Gasteiger partial charge in [0.25, 0.3) is 0 Å². The van der Waals surface area contributed by atoms with E-state index in [2.05, 4.69) is 26.2 Å². The molecular weight excluding hydrogens is 535 g/mol. The van der Waals surface area contributed by atoms with Gasteiger partial charge in [-0.25, -0.2) is 8.42 Å². The van der Waals surface area contributed by atoms with E-state index in [0.29, 0.717) is 17.9 Å². The average molecular weight is 563 g/mol. The first-order chi connectivity index (χ1) is 14.0. The standard InChI is InChI=1S/C21H27ClN4O2S.HI/c1-23-21(24-11-6-16-29(27,28)20-9-3-2-4-10-20)26-14-12-25(13-15-26)19-8-5-7-18(22)17-19;/h2-5,7-10,17H,6,11-16H2,1H3,(H,23,24);1H. The summed E-state index contributed by atoms with van der Waals surface area (Å²) in [5.74, 6) is 0.927. The summed E-state index contributed by atoms with van der Waals surface area (Å²) in [5.41, 5.74) is 1.13. The van der Waals surface area contributed by atoms with E-state index in [1.807, 2.05) is 24.3 Å². The molecule has 0 aliphatic carbocycles. The second-order valence-electron chi connectivity index (χ2n) is 6.91. The zero-order valence-corrected chi connectivity index (χ0v) is 20.9. The summed E-state index contributed by atoms with van der Waals surface area (Å²) in [5, 5.41) is 4.04. The van der Waals surface area contributed by atoms with Crippen molar-refractivity contribution < 1.29 is 8.42 Å². The monoisotopic (exact) mass is 562 g/mol. The van der Waals surface area contributed by atoms with E-state index in [9.17, 15) is 8.42 Å². The third-order valence-corrected chi connectivity index (χ3v) is 6.99. The Kier molecular flexibility index (Phi) is 9.70. The van der Waals surface area contributed by atoms with Crippen molar-refractivity contribution in [2.75, 3.05) is 50.4 Å². The van der Waals surface area contributed by atoms with Gasteiger partial charge in [0.05, 0.1) is 10.6 Å². The fourth-order valence-electron chi connectivity index (χ4n) is 3.39. The summed E-state index contributed by atoms with van der Waals surface area (Å²) in [6.45, 7) is 4.00. The number of anilines is 1. The van der Waals surface area contributed by atoms with Crippen LogP contribution in [0.3, 0.4) is 0 Å². The minimum Gasteiger partial charge on any atom is -0.368 e. The Morgan fingerprint density at radius 1 is 1.07 bits per heavy atom. The van der Waals surface area contributed by atoms with Gasteiger partial charge in [0.1, 0.15) is 0 Å². The molecule has 1 aliphatic rings. The third-order valence-electron chi connectivity index (χ3n) is 4.94. The maximum absolute atomic E-state index is 12.4. The number of hydrogen-bond acceptors (Lipinski definition) is 4. The van der Waals surface area contributed by atoms with E-state index in [1.165, 1.54) is 0 Å². The smallest absolute Gasteiger partial charge is 0.193 e. The van der Waals surface area contributed by atoms with Crippen LogP contribution in [0.5, 0.6) is 0 Å². The molecular formula is C21H28ClIN4O2S. The van der Waals surface area contributed by atoms with Gasteiger partial charge >= 0.3 is 0 Å². The number of halogens is 2. The lowest BCUT2D eigenvalue weighted by molar-refractivity contribution is 0.373. The Hall–Kier alpha value is -1.52. The van der Waals surface area contributed by atoms with Crippen LogP contribution < -0.4 is 10.2 Å². The number of guanidine groups is 1. The summed E-state index contributed by atoms with van der Waals surface area (Å²) in [6.07, 6.45) is 0.527. The lowest BCUT2D eigenvalue weighted by Gasteiger charge is -2.37. The highest BCUT2D eigenvalue weighted by atomic mass is 127. The van der Waals surface area contributed by atoms with E-state index < -0.39 is 9.84 Å². The number of rotatable bonds is 6. The lowest BCUT2D eigenvalue weighted by Crippen LogP contribution is -2.52. The minimum atomic E-state index is -3.24. The molecule has 2 aromatic carbocycles. The Morgan fingerprint density at radius 3 is 2.40 bits per heavy atom. The van der Waals surface area contributed by atoms with Crippen LogP contribution in [0.4, 0.5) is 5.69 Å². The van der Waals surface area contributed by atoms with Crippen LogP contribution in [0.1, 0.15) is 6.42 Å². The second-order valence-corrected chi connectivity index (χ2v) is 9.46.